The fourth-order valence-electron chi connectivity index (χ4n) is 3.21. The molecule has 0 unspecified atom stereocenters. The summed E-state index contributed by atoms with van der Waals surface area (Å²) in [5.41, 5.74) is 2.30. The molecule has 2 amide bonds. The van der Waals surface area contributed by atoms with Gasteiger partial charge in [-0.1, -0.05) is 74.5 Å². The second-order valence-electron chi connectivity index (χ2n) is 7.54. The molecule has 0 aromatic heterocycles. The summed E-state index contributed by atoms with van der Waals surface area (Å²) >= 11 is 1.75. The molecule has 2 aromatic carbocycles. The molecule has 0 aliphatic carbocycles. The summed E-state index contributed by atoms with van der Waals surface area (Å²) in [5, 5.41) is 3.05. The lowest BCUT2D eigenvalue weighted by Crippen LogP contribution is -2.50. The van der Waals surface area contributed by atoms with Gasteiger partial charge in [0.25, 0.3) is 0 Å². The van der Waals surface area contributed by atoms with Crippen LogP contribution in [0.3, 0.4) is 0 Å². The smallest absolute Gasteiger partial charge is 0.243 e. The second-order valence-corrected chi connectivity index (χ2v) is 8.64. The summed E-state index contributed by atoms with van der Waals surface area (Å²) in [5.74, 6) is 1.60. The number of thioether (sulfide) groups is 1. The van der Waals surface area contributed by atoms with Crippen LogP contribution < -0.4 is 5.32 Å². The molecular weight excluding hydrogens is 392 g/mol. The van der Waals surface area contributed by atoms with Gasteiger partial charge < -0.3 is 10.2 Å². The van der Waals surface area contributed by atoms with Crippen LogP contribution in [0.15, 0.2) is 60.7 Å². The van der Waals surface area contributed by atoms with Crippen LogP contribution in [-0.4, -0.2) is 34.6 Å². The zero-order chi connectivity index (χ0) is 21.8. The van der Waals surface area contributed by atoms with Gasteiger partial charge in [0, 0.05) is 30.5 Å². The van der Waals surface area contributed by atoms with Crippen molar-refractivity contribution in [3.63, 3.8) is 0 Å². The van der Waals surface area contributed by atoms with E-state index in [0.29, 0.717) is 19.4 Å². The highest BCUT2D eigenvalue weighted by Gasteiger charge is 2.28. The predicted molar refractivity (Wildman–Crippen MR) is 126 cm³/mol. The normalized spacial score (nSPS) is 12.8. The Bertz CT molecular complexity index is 767. The fourth-order valence-corrected chi connectivity index (χ4v) is 4.10. The molecule has 0 saturated heterocycles. The average Bonchev–Trinajstić information content (AvgIpc) is 2.77. The Morgan fingerprint density at radius 3 is 2.10 bits per heavy atom. The first kappa shape index (κ1) is 24.0. The number of nitrogens with zero attached hydrogens (tertiary/aromatic N) is 1. The highest BCUT2D eigenvalue weighted by molar-refractivity contribution is 7.98. The molecule has 0 saturated carbocycles. The van der Waals surface area contributed by atoms with Crippen LogP contribution >= 0.6 is 11.8 Å². The molecule has 0 heterocycles. The number of carbonyl (C=O) groups excluding carboxylic acids is 2. The molecule has 0 fully saturated rings. The zero-order valence-corrected chi connectivity index (χ0v) is 19.2. The van der Waals surface area contributed by atoms with E-state index in [2.05, 4.69) is 17.4 Å². The van der Waals surface area contributed by atoms with Gasteiger partial charge in [0.15, 0.2) is 0 Å². The van der Waals surface area contributed by atoms with Gasteiger partial charge in [-0.3, -0.25) is 9.59 Å². The van der Waals surface area contributed by atoms with Gasteiger partial charge in [0.05, 0.1) is 0 Å². The third-order valence-electron chi connectivity index (χ3n) is 5.15. The van der Waals surface area contributed by atoms with E-state index in [1.807, 2.05) is 69.3 Å². The quantitative estimate of drug-likeness (QED) is 0.484. The summed E-state index contributed by atoms with van der Waals surface area (Å²) in [6.45, 7) is 6.46. The van der Waals surface area contributed by atoms with Crippen LogP contribution in [0, 0.1) is 0 Å². The highest BCUT2D eigenvalue weighted by Crippen LogP contribution is 2.17. The Morgan fingerprint density at radius 2 is 1.53 bits per heavy atom. The molecule has 2 atom stereocenters. The standard InChI is InChI=1S/C25H34N2O2S/c1-4-20(3)26-25(29)23(5-2)27(18-21-12-8-6-9-13-21)24(28)16-17-30-19-22-14-10-7-11-15-22/h6-15,20,23H,4-5,16-19H2,1-3H3,(H,26,29)/t20-,23-/m1/s1. The van der Waals surface area contributed by atoms with Gasteiger partial charge in [-0.15, -0.1) is 0 Å². The van der Waals surface area contributed by atoms with E-state index in [1.54, 1.807) is 16.7 Å². The summed E-state index contributed by atoms with van der Waals surface area (Å²) in [7, 11) is 0. The van der Waals surface area contributed by atoms with Gasteiger partial charge in [0.2, 0.25) is 11.8 Å². The summed E-state index contributed by atoms with van der Waals surface area (Å²) in [4.78, 5) is 27.8. The first-order valence-corrected chi connectivity index (χ1v) is 12.0. The van der Waals surface area contributed by atoms with Crippen molar-refractivity contribution in [1.29, 1.82) is 0 Å². The van der Waals surface area contributed by atoms with Crippen LogP contribution in [-0.2, 0) is 21.9 Å². The van der Waals surface area contributed by atoms with E-state index in [-0.39, 0.29) is 17.9 Å². The molecule has 0 radical (unpaired) electrons. The van der Waals surface area contributed by atoms with Crippen molar-refractivity contribution in [2.75, 3.05) is 5.75 Å². The van der Waals surface area contributed by atoms with E-state index < -0.39 is 6.04 Å². The fraction of sp³-hybridized carbons (Fsp3) is 0.440. The molecule has 1 N–H and O–H groups in total. The first-order chi connectivity index (χ1) is 14.5. The molecule has 0 bridgehead atoms. The Balaban J connectivity index is 2.03. The van der Waals surface area contributed by atoms with E-state index in [1.165, 1.54) is 5.56 Å². The summed E-state index contributed by atoms with van der Waals surface area (Å²) in [6, 6.07) is 19.8. The monoisotopic (exact) mass is 426 g/mol. The minimum absolute atomic E-state index is 0.0329. The minimum Gasteiger partial charge on any atom is -0.352 e. The minimum atomic E-state index is -0.453. The van der Waals surface area contributed by atoms with E-state index in [9.17, 15) is 9.59 Å². The number of nitrogens with one attached hydrogen (secondary N) is 1. The van der Waals surface area contributed by atoms with Gasteiger partial charge >= 0.3 is 0 Å². The van der Waals surface area contributed by atoms with Crippen molar-refractivity contribution in [2.24, 2.45) is 0 Å². The number of benzene rings is 2. The van der Waals surface area contributed by atoms with E-state index in [4.69, 9.17) is 0 Å². The van der Waals surface area contributed by atoms with Gasteiger partial charge in [0.1, 0.15) is 6.04 Å². The SMILES string of the molecule is CC[C@@H](C)NC(=O)[C@@H](CC)N(Cc1ccccc1)C(=O)CCSCc1ccccc1. The molecule has 2 aromatic rings. The van der Waals surface area contributed by atoms with Crippen LogP contribution in [0.5, 0.6) is 0 Å². The number of hydrogen-bond acceptors (Lipinski definition) is 3. The van der Waals surface area contributed by atoms with Crippen molar-refractivity contribution >= 4 is 23.6 Å². The molecule has 4 nitrogen and oxygen atoms in total. The number of carbonyl (C=O) groups is 2. The Labute approximate surface area is 185 Å². The van der Waals surface area contributed by atoms with Crippen LogP contribution in [0.4, 0.5) is 0 Å². The largest absolute Gasteiger partial charge is 0.352 e. The molecule has 2 rings (SSSR count). The van der Waals surface area contributed by atoms with Crippen LogP contribution in [0.1, 0.15) is 51.2 Å². The average molecular weight is 427 g/mol. The lowest BCUT2D eigenvalue weighted by atomic mass is 10.1. The Morgan fingerprint density at radius 1 is 0.933 bits per heavy atom. The maximum absolute atomic E-state index is 13.2. The summed E-state index contributed by atoms with van der Waals surface area (Å²) in [6.07, 6.45) is 1.89. The van der Waals surface area contributed by atoms with Crippen LogP contribution in [0.25, 0.3) is 0 Å². The van der Waals surface area contributed by atoms with E-state index in [0.717, 1.165) is 23.5 Å². The topological polar surface area (TPSA) is 49.4 Å². The van der Waals surface area contributed by atoms with Crippen molar-refractivity contribution in [3.8, 4) is 0 Å². The highest BCUT2D eigenvalue weighted by atomic mass is 32.2. The zero-order valence-electron chi connectivity index (χ0n) is 18.3. The number of hydrogen-bond donors (Lipinski definition) is 1. The van der Waals surface area contributed by atoms with Gasteiger partial charge in [-0.2, -0.15) is 11.8 Å². The molecule has 0 aliphatic heterocycles. The number of rotatable bonds is 12. The Hall–Kier alpha value is -2.27. The number of amides is 2. The van der Waals surface area contributed by atoms with Gasteiger partial charge in [-0.25, -0.2) is 0 Å². The van der Waals surface area contributed by atoms with E-state index >= 15 is 0 Å². The van der Waals surface area contributed by atoms with Crippen molar-refractivity contribution in [1.82, 2.24) is 10.2 Å². The molecule has 162 valence electrons. The third kappa shape index (κ3) is 7.86. The maximum Gasteiger partial charge on any atom is 0.243 e. The second kappa shape index (κ2) is 13.1. The summed E-state index contributed by atoms with van der Waals surface area (Å²) < 4.78 is 0. The Kier molecular flexibility index (Phi) is 10.5. The lowest BCUT2D eigenvalue weighted by molar-refractivity contribution is -0.141. The predicted octanol–water partition coefficient (Wildman–Crippen LogP) is 5.03. The van der Waals surface area contributed by atoms with Crippen molar-refractivity contribution < 1.29 is 9.59 Å². The van der Waals surface area contributed by atoms with Crippen molar-refractivity contribution in [3.05, 3.63) is 71.8 Å². The first-order valence-electron chi connectivity index (χ1n) is 10.8. The third-order valence-corrected chi connectivity index (χ3v) is 6.18. The van der Waals surface area contributed by atoms with Gasteiger partial charge in [-0.05, 0) is 30.9 Å². The molecule has 30 heavy (non-hydrogen) atoms. The molecule has 0 aliphatic rings. The lowest BCUT2D eigenvalue weighted by Gasteiger charge is -2.31. The molecule has 0 spiro atoms. The van der Waals surface area contributed by atoms with Crippen LogP contribution in [0.2, 0.25) is 0 Å². The maximum atomic E-state index is 13.2. The molecule has 5 heteroatoms. The molecular formula is C25H34N2O2S. The van der Waals surface area contributed by atoms with Crippen molar-refractivity contribution in [2.45, 2.75) is 64.4 Å².